The van der Waals surface area contributed by atoms with Crippen LogP contribution in [0.4, 0.5) is 0 Å². The Balaban J connectivity index is 1.46. The monoisotopic (exact) mass is 345 g/mol. The van der Waals surface area contributed by atoms with Crippen LogP contribution in [0.25, 0.3) is 0 Å². The second-order valence-corrected chi connectivity index (χ2v) is 6.89. The number of carbonyl (C=O) groups excluding carboxylic acids is 2. The molecular weight excluding hydrogens is 318 g/mol. The summed E-state index contributed by atoms with van der Waals surface area (Å²) in [5.74, 6) is 0.0215. The lowest BCUT2D eigenvalue weighted by molar-refractivity contribution is -0.132. The molecule has 0 bridgehead atoms. The average molecular weight is 345 g/mol. The molecular formula is C18H27N5O2. The highest BCUT2D eigenvalue weighted by molar-refractivity contribution is 5.93. The topological polar surface area (TPSA) is 68.8 Å². The summed E-state index contributed by atoms with van der Waals surface area (Å²) in [6, 6.07) is 3.70. The van der Waals surface area contributed by atoms with Gasteiger partial charge in [0.2, 0.25) is 5.91 Å². The van der Waals surface area contributed by atoms with Crippen LogP contribution in [0.5, 0.6) is 0 Å². The minimum absolute atomic E-state index is 0.0161. The molecule has 25 heavy (non-hydrogen) atoms. The zero-order valence-electron chi connectivity index (χ0n) is 15.1. The van der Waals surface area contributed by atoms with Crippen molar-refractivity contribution in [3.05, 3.63) is 29.6 Å². The molecule has 2 aliphatic heterocycles. The molecule has 1 atom stereocenters. The standard InChI is InChI=1S/C18H27N5O2/c1-14-4-3-6-19-16(14)17(24)20-7-9-23-8-5-15(18(23)25)22-12-10-21(2)11-13-22/h3-4,6,15H,5,7-13H2,1-2H3,(H,20,24). The Hall–Kier alpha value is -1.99. The Morgan fingerprint density at radius 3 is 2.76 bits per heavy atom. The third-order valence-electron chi connectivity index (χ3n) is 5.14. The molecule has 2 amide bonds. The summed E-state index contributed by atoms with van der Waals surface area (Å²) >= 11 is 0. The van der Waals surface area contributed by atoms with E-state index in [-0.39, 0.29) is 17.9 Å². The number of carbonyl (C=O) groups is 2. The van der Waals surface area contributed by atoms with Crippen molar-refractivity contribution in [3.8, 4) is 0 Å². The molecule has 1 aromatic rings. The van der Waals surface area contributed by atoms with Crippen molar-refractivity contribution in [3.63, 3.8) is 0 Å². The number of piperazine rings is 1. The van der Waals surface area contributed by atoms with Gasteiger partial charge in [-0.15, -0.1) is 0 Å². The quantitative estimate of drug-likeness (QED) is 0.812. The number of nitrogens with zero attached hydrogens (tertiary/aromatic N) is 4. The maximum absolute atomic E-state index is 12.6. The maximum Gasteiger partial charge on any atom is 0.270 e. The molecule has 1 unspecified atom stereocenters. The first-order valence-corrected chi connectivity index (χ1v) is 8.97. The molecule has 0 radical (unpaired) electrons. The zero-order chi connectivity index (χ0) is 17.8. The fourth-order valence-corrected chi connectivity index (χ4v) is 3.53. The number of aryl methyl sites for hydroxylation is 1. The number of likely N-dealkylation sites (tertiary alicyclic amines) is 1. The van der Waals surface area contributed by atoms with Gasteiger partial charge in [0.05, 0.1) is 6.04 Å². The van der Waals surface area contributed by atoms with Gasteiger partial charge in [-0.25, -0.2) is 0 Å². The van der Waals surface area contributed by atoms with Gasteiger partial charge in [0.15, 0.2) is 0 Å². The first kappa shape index (κ1) is 17.8. The van der Waals surface area contributed by atoms with Gasteiger partial charge in [0.1, 0.15) is 5.69 Å². The molecule has 0 saturated carbocycles. The number of likely N-dealkylation sites (N-methyl/N-ethyl adjacent to an activating group) is 1. The van der Waals surface area contributed by atoms with E-state index in [2.05, 4.69) is 27.1 Å². The van der Waals surface area contributed by atoms with Crippen LogP contribution in [0.3, 0.4) is 0 Å². The van der Waals surface area contributed by atoms with Crippen molar-refractivity contribution >= 4 is 11.8 Å². The van der Waals surface area contributed by atoms with Crippen molar-refractivity contribution < 1.29 is 9.59 Å². The third kappa shape index (κ3) is 4.16. The van der Waals surface area contributed by atoms with E-state index in [0.29, 0.717) is 18.8 Å². The van der Waals surface area contributed by atoms with Gasteiger partial charge in [0, 0.05) is 52.0 Å². The number of pyridine rings is 1. The van der Waals surface area contributed by atoms with Crippen LogP contribution >= 0.6 is 0 Å². The first-order chi connectivity index (χ1) is 12.1. The number of nitrogens with one attached hydrogen (secondary N) is 1. The van der Waals surface area contributed by atoms with Crippen LogP contribution in [-0.2, 0) is 4.79 Å². The van der Waals surface area contributed by atoms with E-state index in [0.717, 1.165) is 44.7 Å². The first-order valence-electron chi connectivity index (χ1n) is 8.97. The summed E-state index contributed by atoms with van der Waals surface area (Å²) in [6.45, 7) is 7.59. The van der Waals surface area contributed by atoms with Gasteiger partial charge in [-0.05, 0) is 32.0 Å². The molecule has 3 heterocycles. The molecule has 7 nitrogen and oxygen atoms in total. The lowest BCUT2D eigenvalue weighted by Crippen LogP contribution is -2.51. The van der Waals surface area contributed by atoms with Crippen LogP contribution in [0, 0.1) is 6.92 Å². The summed E-state index contributed by atoms with van der Waals surface area (Å²) < 4.78 is 0. The predicted molar refractivity (Wildman–Crippen MR) is 95.4 cm³/mol. The summed E-state index contributed by atoms with van der Waals surface area (Å²) in [4.78, 5) is 35.4. The van der Waals surface area contributed by atoms with Gasteiger partial charge >= 0.3 is 0 Å². The van der Waals surface area contributed by atoms with Crippen molar-refractivity contribution in [2.75, 3.05) is 52.9 Å². The molecule has 2 aliphatic rings. The van der Waals surface area contributed by atoms with Crippen molar-refractivity contribution in [1.82, 2.24) is 25.0 Å². The van der Waals surface area contributed by atoms with Crippen LogP contribution in [0.2, 0.25) is 0 Å². The Morgan fingerprint density at radius 1 is 1.28 bits per heavy atom. The molecule has 3 rings (SSSR count). The van der Waals surface area contributed by atoms with Crippen molar-refractivity contribution in [2.24, 2.45) is 0 Å². The second kappa shape index (κ2) is 7.93. The fourth-order valence-electron chi connectivity index (χ4n) is 3.53. The van der Waals surface area contributed by atoms with Gasteiger partial charge in [-0.3, -0.25) is 19.5 Å². The van der Waals surface area contributed by atoms with Crippen LogP contribution in [0.1, 0.15) is 22.5 Å². The number of aromatic nitrogens is 1. The third-order valence-corrected chi connectivity index (χ3v) is 5.14. The van der Waals surface area contributed by atoms with Crippen LogP contribution < -0.4 is 5.32 Å². The van der Waals surface area contributed by atoms with Gasteiger partial charge in [-0.2, -0.15) is 0 Å². The van der Waals surface area contributed by atoms with E-state index in [1.807, 2.05) is 24.0 Å². The Kier molecular flexibility index (Phi) is 5.65. The zero-order valence-corrected chi connectivity index (χ0v) is 15.1. The van der Waals surface area contributed by atoms with E-state index in [1.54, 1.807) is 6.20 Å². The van der Waals surface area contributed by atoms with E-state index < -0.39 is 0 Å². The largest absolute Gasteiger partial charge is 0.349 e. The lowest BCUT2D eigenvalue weighted by atomic mass is 10.2. The summed E-state index contributed by atoms with van der Waals surface area (Å²) in [7, 11) is 2.12. The minimum atomic E-state index is -0.180. The Morgan fingerprint density at radius 2 is 2.04 bits per heavy atom. The second-order valence-electron chi connectivity index (χ2n) is 6.89. The Labute approximate surface area is 149 Å². The molecule has 0 aliphatic carbocycles. The summed E-state index contributed by atoms with van der Waals surface area (Å²) in [5, 5.41) is 2.87. The highest BCUT2D eigenvalue weighted by Gasteiger charge is 2.36. The number of rotatable bonds is 5. The normalized spacial score (nSPS) is 22.4. The molecule has 2 fully saturated rings. The summed E-state index contributed by atoms with van der Waals surface area (Å²) in [5.41, 5.74) is 1.30. The fraction of sp³-hybridized carbons (Fsp3) is 0.611. The molecule has 7 heteroatoms. The van der Waals surface area contributed by atoms with Crippen molar-refractivity contribution in [2.45, 2.75) is 19.4 Å². The van der Waals surface area contributed by atoms with Crippen LogP contribution in [0.15, 0.2) is 18.3 Å². The summed E-state index contributed by atoms with van der Waals surface area (Å²) in [6.07, 6.45) is 2.50. The molecule has 0 aromatic carbocycles. The van der Waals surface area contributed by atoms with Gasteiger partial charge in [-0.1, -0.05) is 6.07 Å². The van der Waals surface area contributed by atoms with E-state index in [1.165, 1.54) is 0 Å². The number of amides is 2. The number of hydrogen-bond acceptors (Lipinski definition) is 5. The lowest BCUT2D eigenvalue weighted by Gasteiger charge is -2.35. The minimum Gasteiger partial charge on any atom is -0.349 e. The molecule has 136 valence electrons. The average Bonchev–Trinajstić information content (AvgIpc) is 2.97. The highest BCUT2D eigenvalue weighted by atomic mass is 16.2. The SMILES string of the molecule is Cc1cccnc1C(=O)NCCN1CCC(N2CCN(C)CC2)C1=O. The van der Waals surface area contributed by atoms with Crippen LogP contribution in [-0.4, -0.2) is 90.4 Å². The van der Waals surface area contributed by atoms with E-state index in [4.69, 9.17) is 0 Å². The molecule has 1 N–H and O–H groups in total. The Bertz CT molecular complexity index is 628. The smallest absolute Gasteiger partial charge is 0.270 e. The molecule has 2 saturated heterocycles. The molecule has 0 spiro atoms. The van der Waals surface area contributed by atoms with Gasteiger partial charge < -0.3 is 15.1 Å². The molecule has 1 aromatic heterocycles. The van der Waals surface area contributed by atoms with E-state index >= 15 is 0 Å². The number of hydrogen-bond donors (Lipinski definition) is 1. The maximum atomic E-state index is 12.6. The van der Waals surface area contributed by atoms with Crippen molar-refractivity contribution in [1.29, 1.82) is 0 Å². The predicted octanol–water partition coefficient (Wildman–Crippen LogP) is -0.0319. The highest BCUT2D eigenvalue weighted by Crippen LogP contribution is 2.18. The van der Waals surface area contributed by atoms with E-state index in [9.17, 15) is 9.59 Å². The van der Waals surface area contributed by atoms with Gasteiger partial charge in [0.25, 0.3) is 5.91 Å².